The number of alkyl halides is 6. The summed E-state index contributed by atoms with van der Waals surface area (Å²) in [4.78, 5) is 3.23. The number of aromatic nitrogens is 1. The lowest BCUT2D eigenvalue weighted by molar-refractivity contribution is -0.140. The molecule has 0 radical (unpaired) electrons. The summed E-state index contributed by atoms with van der Waals surface area (Å²) in [5.74, 6) is -1.85. The molecule has 90 valence electrons. The maximum Gasteiger partial charge on any atom is 0.420 e. The van der Waals surface area contributed by atoms with E-state index in [-0.39, 0.29) is 0 Å². The quantitative estimate of drug-likeness (QED) is 0.653. The van der Waals surface area contributed by atoms with Gasteiger partial charge in [-0.05, 0) is 0 Å². The third-order valence-electron chi connectivity index (χ3n) is 1.80. The fraction of sp³-hybridized carbons (Fsp3) is 0.375. The topological polar surface area (TPSA) is 33.1 Å². The van der Waals surface area contributed by atoms with E-state index in [4.69, 9.17) is 16.7 Å². The first-order chi connectivity index (χ1) is 7.29. The van der Waals surface area contributed by atoms with Crippen molar-refractivity contribution in [1.29, 1.82) is 0 Å². The summed E-state index contributed by atoms with van der Waals surface area (Å²) in [6.45, 7) is 0. The first-order valence-electron chi connectivity index (χ1n) is 3.91. The van der Waals surface area contributed by atoms with Crippen LogP contribution in [-0.2, 0) is 12.1 Å². The molecule has 0 fully saturated rings. The summed E-state index contributed by atoms with van der Waals surface area (Å²) in [6, 6.07) is 0. The number of hydrogen-bond donors (Lipinski definition) is 1. The molecule has 0 bridgehead atoms. The maximum absolute atomic E-state index is 12.4. The molecule has 0 aromatic carbocycles. The van der Waals surface area contributed by atoms with Gasteiger partial charge in [-0.25, -0.2) is 8.78 Å². The molecule has 1 aromatic heterocycles. The van der Waals surface area contributed by atoms with Crippen LogP contribution in [0.25, 0.3) is 0 Å². The van der Waals surface area contributed by atoms with E-state index in [1.807, 2.05) is 0 Å². The average molecular weight is 262 g/mol. The second-order valence-corrected chi connectivity index (χ2v) is 3.08. The van der Waals surface area contributed by atoms with Crippen LogP contribution >= 0.6 is 11.6 Å². The predicted molar refractivity (Wildman–Crippen MR) is 45.4 cm³/mol. The molecule has 0 aliphatic rings. The fourth-order valence-electron chi connectivity index (χ4n) is 1.12. The molecule has 0 aliphatic carbocycles. The molecule has 0 saturated heterocycles. The molecule has 1 aromatic rings. The number of pyridine rings is 1. The molecule has 0 atom stereocenters. The zero-order valence-electron chi connectivity index (χ0n) is 7.52. The summed E-state index contributed by atoms with van der Waals surface area (Å²) < 4.78 is 61.8. The first-order valence-corrected chi connectivity index (χ1v) is 4.44. The Kier molecular flexibility index (Phi) is 3.57. The van der Waals surface area contributed by atoms with Crippen molar-refractivity contribution >= 4 is 11.6 Å². The van der Waals surface area contributed by atoms with Gasteiger partial charge in [-0.1, -0.05) is 0 Å². The maximum atomic E-state index is 12.4. The van der Waals surface area contributed by atoms with E-state index >= 15 is 0 Å². The molecular formula is C8H5ClF5NO. The predicted octanol–water partition coefficient (Wildman–Crippen LogP) is 3.48. The third-order valence-corrected chi connectivity index (χ3v) is 2.06. The van der Waals surface area contributed by atoms with E-state index in [9.17, 15) is 22.0 Å². The van der Waals surface area contributed by atoms with Gasteiger partial charge < -0.3 is 5.11 Å². The molecule has 0 spiro atoms. The van der Waals surface area contributed by atoms with Gasteiger partial charge in [-0.2, -0.15) is 13.2 Å². The monoisotopic (exact) mass is 261 g/mol. The van der Waals surface area contributed by atoms with E-state index in [2.05, 4.69) is 4.98 Å². The van der Waals surface area contributed by atoms with Gasteiger partial charge in [0, 0.05) is 6.20 Å². The van der Waals surface area contributed by atoms with Crippen molar-refractivity contribution in [2.24, 2.45) is 0 Å². The second-order valence-electron chi connectivity index (χ2n) is 2.82. The normalized spacial score (nSPS) is 12.2. The summed E-state index contributed by atoms with van der Waals surface area (Å²) in [5.41, 5.74) is -3.63. The largest absolute Gasteiger partial charge is 0.505 e. The number of rotatable bonds is 2. The molecule has 1 rings (SSSR count). The Labute approximate surface area is 91.7 Å². The Balaban J connectivity index is 3.50. The summed E-state index contributed by atoms with van der Waals surface area (Å²) in [5, 5.41) is 9.15. The number of halogens is 6. The van der Waals surface area contributed by atoms with Gasteiger partial charge in [0.25, 0.3) is 6.43 Å². The van der Waals surface area contributed by atoms with Crippen LogP contribution in [0.5, 0.6) is 5.75 Å². The van der Waals surface area contributed by atoms with Gasteiger partial charge in [0.2, 0.25) is 0 Å². The number of aromatic hydroxyl groups is 1. The van der Waals surface area contributed by atoms with E-state index < -0.39 is 41.1 Å². The van der Waals surface area contributed by atoms with E-state index in [1.54, 1.807) is 0 Å². The molecule has 0 unspecified atom stereocenters. The molecule has 0 aliphatic heterocycles. The lowest BCUT2D eigenvalue weighted by Crippen LogP contribution is -2.12. The highest BCUT2D eigenvalue weighted by Gasteiger charge is 2.40. The lowest BCUT2D eigenvalue weighted by atomic mass is 10.1. The van der Waals surface area contributed by atoms with E-state index in [1.165, 1.54) is 0 Å². The van der Waals surface area contributed by atoms with Crippen molar-refractivity contribution in [2.75, 3.05) is 0 Å². The lowest BCUT2D eigenvalue weighted by Gasteiger charge is -2.15. The van der Waals surface area contributed by atoms with Crippen molar-refractivity contribution in [3.63, 3.8) is 0 Å². The zero-order chi connectivity index (χ0) is 12.5. The third kappa shape index (κ3) is 2.34. The molecule has 1 N–H and O–H groups in total. The number of nitrogens with zero attached hydrogens (tertiary/aromatic N) is 1. The van der Waals surface area contributed by atoms with Gasteiger partial charge >= 0.3 is 6.18 Å². The van der Waals surface area contributed by atoms with Gasteiger partial charge in [-0.3, -0.25) is 4.98 Å². The Morgan fingerprint density at radius 1 is 1.38 bits per heavy atom. The van der Waals surface area contributed by atoms with Crippen LogP contribution in [0.4, 0.5) is 22.0 Å². The summed E-state index contributed by atoms with van der Waals surface area (Å²) in [6.07, 6.45) is -8.09. The molecule has 0 saturated carbocycles. The van der Waals surface area contributed by atoms with Crippen LogP contribution in [0.15, 0.2) is 6.20 Å². The van der Waals surface area contributed by atoms with Crippen LogP contribution in [0.3, 0.4) is 0 Å². The Bertz CT molecular complexity index is 393. The van der Waals surface area contributed by atoms with E-state index in [0.29, 0.717) is 6.20 Å². The average Bonchev–Trinajstić information content (AvgIpc) is 2.14. The van der Waals surface area contributed by atoms with Crippen LogP contribution in [0, 0.1) is 0 Å². The highest BCUT2D eigenvalue weighted by molar-refractivity contribution is 6.17. The first kappa shape index (κ1) is 13.0. The SMILES string of the molecule is Oc1c(CCl)ncc(C(F)F)c1C(F)(F)F. The summed E-state index contributed by atoms with van der Waals surface area (Å²) >= 11 is 5.21. The molecule has 8 heteroatoms. The Hall–Kier alpha value is -1.11. The van der Waals surface area contributed by atoms with Crippen molar-refractivity contribution in [1.82, 2.24) is 4.98 Å². The van der Waals surface area contributed by atoms with Gasteiger partial charge in [0.05, 0.1) is 17.1 Å². The standard InChI is InChI=1S/C8H5ClF5NO/c9-1-4-6(16)5(8(12,13)14)3(2-15-4)7(10)11/h2,7,16H,1H2. The minimum atomic E-state index is -5.08. The van der Waals surface area contributed by atoms with Crippen LogP contribution in [0.2, 0.25) is 0 Å². The fourth-order valence-corrected chi connectivity index (χ4v) is 1.31. The van der Waals surface area contributed by atoms with Gasteiger partial charge in [0.1, 0.15) is 5.56 Å². The number of hydrogen-bond acceptors (Lipinski definition) is 2. The van der Waals surface area contributed by atoms with Crippen molar-refractivity contribution in [3.05, 3.63) is 23.0 Å². The highest BCUT2D eigenvalue weighted by Crippen LogP contribution is 2.42. The Morgan fingerprint density at radius 3 is 2.31 bits per heavy atom. The van der Waals surface area contributed by atoms with Gasteiger partial charge in [-0.15, -0.1) is 11.6 Å². The minimum absolute atomic E-state index is 0.366. The zero-order valence-corrected chi connectivity index (χ0v) is 8.28. The summed E-state index contributed by atoms with van der Waals surface area (Å²) in [7, 11) is 0. The molecular weight excluding hydrogens is 257 g/mol. The van der Waals surface area contributed by atoms with Crippen molar-refractivity contribution in [3.8, 4) is 5.75 Å². The Morgan fingerprint density at radius 2 is 1.94 bits per heavy atom. The van der Waals surface area contributed by atoms with E-state index in [0.717, 1.165) is 0 Å². The molecule has 2 nitrogen and oxygen atoms in total. The smallest absolute Gasteiger partial charge is 0.420 e. The van der Waals surface area contributed by atoms with Crippen molar-refractivity contribution in [2.45, 2.75) is 18.5 Å². The molecule has 0 amide bonds. The van der Waals surface area contributed by atoms with Crippen molar-refractivity contribution < 1.29 is 27.1 Å². The van der Waals surface area contributed by atoms with Crippen LogP contribution in [0.1, 0.15) is 23.2 Å². The van der Waals surface area contributed by atoms with Gasteiger partial charge in [0.15, 0.2) is 5.75 Å². The minimum Gasteiger partial charge on any atom is -0.505 e. The highest BCUT2D eigenvalue weighted by atomic mass is 35.5. The second kappa shape index (κ2) is 4.40. The molecule has 16 heavy (non-hydrogen) atoms. The molecule has 1 heterocycles. The van der Waals surface area contributed by atoms with Crippen LogP contribution in [-0.4, -0.2) is 10.1 Å². The van der Waals surface area contributed by atoms with Crippen LogP contribution < -0.4 is 0 Å².